The van der Waals surface area contributed by atoms with Crippen LogP contribution in [-0.4, -0.2) is 192 Å². The van der Waals surface area contributed by atoms with Gasteiger partial charge in [0, 0.05) is 67.2 Å². The van der Waals surface area contributed by atoms with E-state index in [1.54, 1.807) is 83.1 Å². The molecular weight excluding hydrogens is 925 g/mol. The van der Waals surface area contributed by atoms with Crippen molar-refractivity contribution in [1.29, 1.82) is 0 Å². The van der Waals surface area contributed by atoms with Crippen LogP contribution in [0.1, 0.15) is 103 Å². The molecule has 0 aromatic carbocycles. The maximum Gasteiger partial charge on any atom is 0.166 e. The van der Waals surface area contributed by atoms with E-state index in [1.165, 1.54) is 0 Å². The molecule has 0 aromatic rings. The molecule has 27 N–H and O–H groups in total. The van der Waals surface area contributed by atoms with Crippen molar-refractivity contribution in [3.8, 4) is 0 Å². The molecule has 0 heterocycles. The highest BCUT2D eigenvalue weighted by Crippen LogP contribution is 2.08. The van der Waals surface area contributed by atoms with E-state index in [4.69, 9.17) is 60.9 Å². The smallest absolute Gasteiger partial charge is 0.166 e. The van der Waals surface area contributed by atoms with E-state index < -0.39 is 85.4 Å². The fourth-order valence-corrected chi connectivity index (χ4v) is 4.62. The lowest BCUT2D eigenvalue weighted by Gasteiger charge is -2.23. The second-order valence-electron chi connectivity index (χ2n) is 18.1. The van der Waals surface area contributed by atoms with Crippen LogP contribution in [0.25, 0.3) is 0 Å². The molecule has 0 fully saturated rings. The topological polar surface area (TPSA) is 523 Å². The van der Waals surface area contributed by atoms with Crippen molar-refractivity contribution in [3.05, 3.63) is 0 Å². The van der Waals surface area contributed by atoms with Gasteiger partial charge in [0.2, 0.25) is 0 Å². The monoisotopic (exact) mass is 1020 g/mol. The SMILES string of the molecule is CC(C)C(=O)[C@@H](O)C(N)C(N)CO.CC(C)C(=O)[C@@H](O)C(O)C(N)CO.CC(C)C(=O)[C@@H](O)C(O)CNN.CC(C)C(=O)[C@@H](O)CCNN.CC(C)C(=O)[C@@H](O)CNN.CCC(N)[C@H](O)C(=O)C(C)C. The molecule has 0 spiro atoms. The fraction of sp³-hybridized carbons (Fsp3) is 0.864. The van der Waals surface area contributed by atoms with Gasteiger partial charge in [-0.15, -0.1) is 0 Å². The minimum absolute atomic E-state index is 0.000370. The lowest BCUT2D eigenvalue weighted by Crippen LogP contribution is -2.54. The molecule has 420 valence electrons. The Labute approximate surface area is 414 Å². The number of hydrogen-bond acceptors (Lipinski definition) is 26. The van der Waals surface area contributed by atoms with Crippen LogP contribution >= 0.6 is 0 Å². The van der Waals surface area contributed by atoms with Gasteiger partial charge in [-0.25, -0.2) is 0 Å². The molecule has 0 amide bonds. The Morgan fingerprint density at radius 3 is 1.06 bits per heavy atom. The summed E-state index contributed by atoms with van der Waals surface area (Å²) in [6.45, 7) is 22.0. The average Bonchev–Trinajstić information content (AvgIpc) is 3.32. The van der Waals surface area contributed by atoms with Gasteiger partial charge in [0.25, 0.3) is 0 Å². The Hall–Kier alpha value is -2.78. The number of carbonyl (C=O) groups is 6. The summed E-state index contributed by atoms with van der Waals surface area (Å²) in [6, 6.07) is -3.07. The summed E-state index contributed by atoms with van der Waals surface area (Å²) in [4.78, 5) is 66.5. The van der Waals surface area contributed by atoms with Crippen LogP contribution in [0.4, 0.5) is 0 Å². The molecule has 0 aliphatic heterocycles. The summed E-state index contributed by atoms with van der Waals surface area (Å²) in [5.41, 5.74) is 28.3. The zero-order chi connectivity index (χ0) is 56.9. The molecule has 0 rings (SSSR count). The van der Waals surface area contributed by atoms with Gasteiger partial charge in [0.1, 0.15) is 48.8 Å². The lowest BCUT2D eigenvalue weighted by atomic mass is 9.95. The highest BCUT2D eigenvalue weighted by Gasteiger charge is 2.31. The van der Waals surface area contributed by atoms with Crippen LogP contribution in [-0.2, 0) is 28.8 Å². The molecule has 0 aliphatic rings. The van der Waals surface area contributed by atoms with E-state index in [2.05, 4.69) is 16.3 Å². The Morgan fingerprint density at radius 2 is 0.743 bits per heavy atom. The number of carbonyl (C=O) groups excluding carboxylic acids is 6. The van der Waals surface area contributed by atoms with E-state index in [0.29, 0.717) is 19.4 Å². The first kappa shape index (κ1) is 78.6. The zero-order valence-electron chi connectivity index (χ0n) is 43.8. The first-order chi connectivity index (χ1) is 32.0. The third-order valence-corrected chi connectivity index (χ3v) is 9.72. The van der Waals surface area contributed by atoms with Gasteiger partial charge in [-0.2, -0.15) is 0 Å². The number of hydrogen-bond donors (Lipinski definition) is 20. The number of nitrogens with two attached hydrogens (primary N) is 7. The van der Waals surface area contributed by atoms with Crippen LogP contribution in [0.5, 0.6) is 0 Å². The van der Waals surface area contributed by atoms with Crippen LogP contribution in [0.3, 0.4) is 0 Å². The second-order valence-corrected chi connectivity index (χ2v) is 18.1. The predicted molar refractivity (Wildman–Crippen MR) is 265 cm³/mol. The number of nitrogens with one attached hydrogen (secondary N) is 3. The molecule has 12 atom stereocenters. The number of aliphatic hydroxyl groups excluding tert-OH is 10. The Kier molecular flexibility index (Phi) is 50.4. The van der Waals surface area contributed by atoms with E-state index >= 15 is 0 Å². The van der Waals surface area contributed by atoms with Crippen molar-refractivity contribution >= 4 is 34.7 Å². The lowest BCUT2D eigenvalue weighted by molar-refractivity contribution is -0.137. The van der Waals surface area contributed by atoms with E-state index in [0.717, 1.165) is 0 Å². The maximum absolute atomic E-state index is 11.2. The summed E-state index contributed by atoms with van der Waals surface area (Å²) < 4.78 is 0. The molecule has 0 bridgehead atoms. The molecule has 26 nitrogen and oxygen atoms in total. The summed E-state index contributed by atoms with van der Waals surface area (Å²) in [5.74, 6) is 11.8. The van der Waals surface area contributed by atoms with Crippen molar-refractivity contribution < 1.29 is 79.8 Å². The van der Waals surface area contributed by atoms with Crippen molar-refractivity contribution in [1.82, 2.24) is 16.3 Å². The van der Waals surface area contributed by atoms with Crippen LogP contribution in [0, 0.1) is 35.5 Å². The van der Waals surface area contributed by atoms with Gasteiger partial charge in [-0.05, 0) is 12.8 Å². The first-order valence-electron chi connectivity index (χ1n) is 23.2. The number of rotatable bonds is 28. The predicted octanol–water partition coefficient (Wildman–Crippen LogP) is -6.36. The van der Waals surface area contributed by atoms with Gasteiger partial charge < -0.3 is 74.0 Å². The normalized spacial score (nSPS) is 16.3. The largest absolute Gasteiger partial charge is 0.395 e. The summed E-state index contributed by atoms with van der Waals surface area (Å²) >= 11 is 0. The molecule has 6 unspecified atom stereocenters. The van der Waals surface area contributed by atoms with Crippen molar-refractivity contribution in [2.24, 2.45) is 76.0 Å². The number of ketones is 6. The van der Waals surface area contributed by atoms with E-state index in [1.807, 2.05) is 6.92 Å². The Balaban J connectivity index is -0.000000176. The third-order valence-electron chi connectivity index (χ3n) is 9.72. The highest BCUT2D eigenvalue weighted by molar-refractivity contribution is 5.87. The van der Waals surface area contributed by atoms with Crippen LogP contribution < -0.4 is 56.7 Å². The molecule has 0 aliphatic carbocycles. The summed E-state index contributed by atoms with van der Waals surface area (Å²) in [6.07, 6.45) is -8.50. The molecule has 0 aromatic heterocycles. The molecular formula is C44H98N10O16. The molecule has 0 saturated carbocycles. The quantitative estimate of drug-likeness (QED) is 0.0256. The number of hydrazine groups is 3. The van der Waals surface area contributed by atoms with Gasteiger partial charge in [-0.1, -0.05) is 90.0 Å². The fourth-order valence-electron chi connectivity index (χ4n) is 4.62. The Morgan fingerprint density at radius 1 is 0.414 bits per heavy atom. The van der Waals surface area contributed by atoms with Gasteiger partial charge in [-0.3, -0.25) is 62.6 Å². The first-order valence-corrected chi connectivity index (χ1v) is 23.2. The summed E-state index contributed by atoms with van der Waals surface area (Å²) in [5, 5.41) is 90.9. The van der Waals surface area contributed by atoms with Crippen LogP contribution in [0.2, 0.25) is 0 Å². The maximum atomic E-state index is 11.2. The third kappa shape index (κ3) is 37.0. The van der Waals surface area contributed by atoms with Gasteiger partial charge >= 0.3 is 0 Å². The second kappa shape index (κ2) is 44.9. The minimum atomic E-state index is -1.51. The average molecular weight is 1020 g/mol. The number of aliphatic hydroxyl groups is 10. The number of Topliss-reactive ketones (excluding diaryl/α,β-unsaturated/α-hetero) is 6. The minimum Gasteiger partial charge on any atom is -0.395 e. The van der Waals surface area contributed by atoms with E-state index in [9.17, 15) is 59.4 Å². The van der Waals surface area contributed by atoms with Crippen molar-refractivity contribution in [3.63, 3.8) is 0 Å². The molecule has 70 heavy (non-hydrogen) atoms. The molecule has 26 heteroatoms. The van der Waals surface area contributed by atoms with E-state index in [-0.39, 0.29) is 84.1 Å². The molecule has 0 radical (unpaired) electrons. The van der Waals surface area contributed by atoms with Crippen molar-refractivity contribution in [2.75, 3.05) is 32.8 Å². The highest BCUT2D eigenvalue weighted by atomic mass is 16.3. The van der Waals surface area contributed by atoms with Crippen LogP contribution in [0.15, 0.2) is 0 Å². The summed E-state index contributed by atoms with van der Waals surface area (Å²) in [7, 11) is 0. The van der Waals surface area contributed by atoms with Gasteiger partial charge in [0.05, 0.1) is 25.3 Å². The zero-order valence-corrected chi connectivity index (χ0v) is 43.8. The molecule has 0 saturated heterocycles. The Bertz CT molecular complexity index is 1350. The van der Waals surface area contributed by atoms with Crippen molar-refractivity contribution in [2.45, 2.75) is 176 Å². The standard InChI is InChI=1S/C8H18N2O3.C8H17NO4.C8H17NO2.C7H16N2O3.C7H16N2O2.C6H14N2O2/c1-4(2)7(12)8(13)6(10)5(9)3-11;1-4(2)6(11)8(13)7(12)5(9)3-10;1-4-6(9)8(11)7(10)5(2)3;1-4(2)6(11)7(12)5(10)3-9-8;1-5(2)7(11)6(10)3-4-9-8;1-4(2)6(10)5(9)3-8-7/h4-6,8,11,13H,3,9-10H2,1-2H3;4-5,7-8,10,12-13H,3,9H2,1-2H3;5-6,8,11H,4,9H2,1-3H3;4-5,7,9-10,12H,3,8H2,1-2H3;5-6,9-10H,3-4,8H2,1-2H3;4-5,8-9H,3,7H2,1-2H3/t5?,6?,8-;5?,7?,8-;6?,8-;5?,7-;6-;5-/m010000/s1. The van der Waals surface area contributed by atoms with Gasteiger partial charge in [0.15, 0.2) is 34.7 Å².